The molecule has 0 amide bonds. The lowest BCUT2D eigenvalue weighted by Gasteiger charge is -1.96. The van der Waals surface area contributed by atoms with E-state index in [0.29, 0.717) is 11.4 Å². The Labute approximate surface area is 58.2 Å². The minimum Gasteiger partial charge on any atom is -0.397 e. The highest BCUT2D eigenvalue weighted by Gasteiger charge is 1.95. The number of benzene rings is 1. The van der Waals surface area contributed by atoms with Crippen molar-refractivity contribution in [2.45, 2.75) is 0 Å². The van der Waals surface area contributed by atoms with Gasteiger partial charge in [0.15, 0.2) is 0 Å². The van der Waals surface area contributed by atoms with E-state index in [1.165, 1.54) is 18.2 Å². The van der Waals surface area contributed by atoms with Gasteiger partial charge in [-0.3, -0.25) is 4.99 Å². The summed E-state index contributed by atoms with van der Waals surface area (Å²) < 4.78 is 12.3. The minimum atomic E-state index is -0.357. The molecule has 1 aromatic rings. The van der Waals surface area contributed by atoms with Crippen LogP contribution in [0.1, 0.15) is 0 Å². The molecular weight excluding hydrogens is 131 g/mol. The van der Waals surface area contributed by atoms with E-state index >= 15 is 0 Å². The summed E-state index contributed by atoms with van der Waals surface area (Å²) in [6, 6.07) is 3.99. The Balaban J connectivity index is 3.19. The molecule has 0 saturated heterocycles. The number of anilines is 1. The third-order valence-corrected chi connectivity index (χ3v) is 1.16. The van der Waals surface area contributed by atoms with Gasteiger partial charge < -0.3 is 5.73 Å². The number of hydrogen-bond donors (Lipinski definition) is 1. The van der Waals surface area contributed by atoms with Crippen LogP contribution in [-0.4, -0.2) is 6.72 Å². The number of halogens is 1. The van der Waals surface area contributed by atoms with Gasteiger partial charge in [-0.25, -0.2) is 4.39 Å². The Morgan fingerprint density at radius 3 is 2.70 bits per heavy atom. The van der Waals surface area contributed by atoms with Crippen molar-refractivity contribution < 1.29 is 4.39 Å². The predicted molar refractivity (Wildman–Crippen MR) is 40.0 cm³/mol. The fraction of sp³-hybridized carbons (Fsp3) is 0. The first-order valence-electron chi connectivity index (χ1n) is 2.76. The molecule has 0 saturated carbocycles. The van der Waals surface area contributed by atoms with Crippen molar-refractivity contribution >= 4 is 18.1 Å². The zero-order valence-electron chi connectivity index (χ0n) is 5.34. The SMILES string of the molecule is C=Nc1ccc(F)cc1N. The highest BCUT2D eigenvalue weighted by molar-refractivity contribution is 5.64. The molecule has 2 N–H and O–H groups in total. The molecule has 0 heterocycles. The molecule has 10 heavy (non-hydrogen) atoms. The van der Waals surface area contributed by atoms with Crippen molar-refractivity contribution in [1.82, 2.24) is 0 Å². The summed E-state index contributed by atoms with van der Waals surface area (Å²) in [5.41, 5.74) is 6.19. The first kappa shape index (κ1) is 6.74. The van der Waals surface area contributed by atoms with Crippen LogP contribution in [-0.2, 0) is 0 Å². The van der Waals surface area contributed by atoms with Crippen LogP contribution < -0.4 is 5.73 Å². The number of hydrogen-bond acceptors (Lipinski definition) is 2. The van der Waals surface area contributed by atoms with Gasteiger partial charge in [-0.1, -0.05) is 0 Å². The second-order valence-corrected chi connectivity index (χ2v) is 1.86. The molecule has 0 aromatic heterocycles. The van der Waals surface area contributed by atoms with Gasteiger partial charge in [0, 0.05) is 0 Å². The third kappa shape index (κ3) is 1.13. The summed E-state index contributed by atoms with van der Waals surface area (Å²) in [7, 11) is 0. The largest absolute Gasteiger partial charge is 0.397 e. The molecule has 0 atom stereocenters. The second kappa shape index (κ2) is 2.47. The summed E-state index contributed by atoms with van der Waals surface area (Å²) in [6.07, 6.45) is 0. The highest BCUT2D eigenvalue weighted by atomic mass is 19.1. The molecule has 0 spiro atoms. The van der Waals surface area contributed by atoms with Crippen LogP contribution in [0.15, 0.2) is 23.2 Å². The van der Waals surface area contributed by atoms with Gasteiger partial charge >= 0.3 is 0 Å². The van der Waals surface area contributed by atoms with Crippen molar-refractivity contribution in [3.63, 3.8) is 0 Å². The summed E-state index contributed by atoms with van der Waals surface area (Å²) in [4.78, 5) is 3.57. The molecule has 2 nitrogen and oxygen atoms in total. The van der Waals surface area contributed by atoms with Crippen molar-refractivity contribution in [2.24, 2.45) is 4.99 Å². The Bertz CT molecular complexity index is 258. The average Bonchev–Trinajstić information content (AvgIpc) is 1.88. The van der Waals surface area contributed by atoms with Crippen molar-refractivity contribution in [2.75, 3.05) is 5.73 Å². The van der Waals surface area contributed by atoms with Crippen LogP contribution in [0.5, 0.6) is 0 Å². The standard InChI is InChI=1S/C7H7FN2/c1-10-7-3-2-5(8)4-6(7)9/h2-4H,1,9H2. The van der Waals surface area contributed by atoms with Crippen molar-refractivity contribution in [3.05, 3.63) is 24.0 Å². The predicted octanol–water partition coefficient (Wildman–Crippen LogP) is 1.74. The fourth-order valence-electron chi connectivity index (χ4n) is 0.669. The highest BCUT2D eigenvalue weighted by Crippen LogP contribution is 2.20. The van der Waals surface area contributed by atoms with Gasteiger partial charge in [-0.15, -0.1) is 0 Å². The lowest BCUT2D eigenvalue weighted by Crippen LogP contribution is -1.85. The number of rotatable bonds is 1. The van der Waals surface area contributed by atoms with Gasteiger partial charge in [0.25, 0.3) is 0 Å². The van der Waals surface area contributed by atoms with E-state index < -0.39 is 0 Å². The normalized spacial score (nSPS) is 9.30. The number of nitrogens with two attached hydrogens (primary N) is 1. The average molecular weight is 138 g/mol. The molecule has 0 aliphatic carbocycles. The number of nitrogens with zero attached hydrogens (tertiary/aromatic N) is 1. The van der Waals surface area contributed by atoms with Crippen LogP contribution in [0.2, 0.25) is 0 Å². The molecule has 0 aliphatic rings. The smallest absolute Gasteiger partial charge is 0.125 e. The molecule has 52 valence electrons. The van der Waals surface area contributed by atoms with Gasteiger partial charge in [0.05, 0.1) is 11.4 Å². The Morgan fingerprint density at radius 2 is 2.20 bits per heavy atom. The van der Waals surface area contributed by atoms with Gasteiger partial charge in [-0.05, 0) is 24.9 Å². The Hall–Kier alpha value is -1.38. The van der Waals surface area contributed by atoms with E-state index in [1.807, 2.05) is 0 Å². The zero-order valence-corrected chi connectivity index (χ0v) is 5.34. The molecule has 1 rings (SSSR count). The molecule has 0 fully saturated rings. The Morgan fingerprint density at radius 1 is 1.50 bits per heavy atom. The molecule has 1 aromatic carbocycles. The first-order valence-corrected chi connectivity index (χ1v) is 2.76. The molecule has 0 bridgehead atoms. The van der Waals surface area contributed by atoms with E-state index in [2.05, 4.69) is 11.7 Å². The second-order valence-electron chi connectivity index (χ2n) is 1.86. The van der Waals surface area contributed by atoms with Gasteiger partial charge in [-0.2, -0.15) is 0 Å². The van der Waals surface area contributed by atoms with E-state index in [9.17, 15) is 4.39 Å². The van der Waals surface area contributed by atoms with Crippen LogP contribution in [0, 0.1) is 5.82 Å². The summed E-state index contributed by atoms with van der Waals surface area (Å²) >= 11 is 0. The van der Waals surface area contributed by atoms with Crippen LogP contribution in [0.4, 0.5) is 15.8 Å². The summed E-state index contributed by atoms with van der Waals surface area (Å²) in [5, 5.41) is 0. The molecule has 0 radical (unpaired) electrons. The third-order valence-electron chi connectivity index (χ3n) is 1.16. The van der Waals surface area contributed by atoms with E-state index in [0.717, 1.165) is 0 Å². The molecule has 3 heteroatoms. The number of aliphatic imine (C=N–C) groups is 1. The van der Waals surface area contributed by atoms with Crippen molar-refractivity contribution in [1.29, 1.82) is 0 Å². The monoisotopic (exact) mass is 138 g/mol. The quantitative estimate of drug-likeness (QED) is 0.466. The molecule has 0 aliphatic heterocycles. The van der Waals surface area contributed by atoms with Crippen molar-refractivity contribution in [3.8, 4) is 0 Å². The summed E-state index contributed by atoms with van der Waals surface area (Å²) in [5.74, 6) is -0.357. The van der Waals surface area contributed by atoms with E-state index in [4.69, 9.17) is 5.73 Å². The minimum absolute atomic E-state index is 0.315. The lowest BCUT2D eigenvalue weighted by molar-refractivity contribution is 0.628. The lowest BCUT2D eigenvalue weighted by atomic mass is 10.3. The van der Waals surface area contributed by atoms with E-state index in [-0.39, 0.29) is 5.82 Å². The fourth-order valence-corrected chi connectivity index (χ4v) is 0.669. The first-order chi connectivity index (χ1) is 4.74. The van der Waals surface area contributed by atoms with E-state index in [1.54, 1.807) is 0 Å². The Kier molecular flexibility index (Phi) is 1.67. The topological polar surface area (TPSA) is 38.4 Å². The summed E-state index contributed by atoms with van der Waals surface area (Å²) in [6.45, 7) is 3.27. The number of nitrogen functional groups attached to an aromatic ring is 1. The van der Waals surface area contributed by atoms with Crippen LogP contribution in [0.25, 0.3) is 0 Å². The molecule has 0 unspecified atom stereocenters. The van der Waals surface area contributed by atoms with Gasteiger partial charge in [0.1, 0.15) is 5.82 Å². The van der Waals surface area contributed by atoms with Gasteiger partial charge in [0.2, 0.25) is 0 Å². The van der Waals surface area contributed by atoms with Crippen LogP contribution >= 0.6 is 0 Å². The maximum atomic E-state index is 12.3. The maximum Gasteiger partial charge on any atom is 0.125 e. The maximum absolute atomic E-state index is 12.3. The van der Waals surface area contributed by atoms with Crippen LogP contribution in [0.3, 0.4) is 0 Å². The molecular formula is C7H7FN2. The zero-order chi connectivity index (χ0) is 7.56.